The van der Waals surface area contributed by atoms with E-state index in [1.807, 2.05) is 19.9 Å². The number of nitrogens with zero attached hydrogens (tertiary/aromatic N) is 4. The molecule has 0 atom stereocenters. The van der Waals surface area contributed by atoms with Gasteiger partial charge in [0.15, 0.2) is 5.65 Å². The van der Waals surface area contributed by atoms with E-state index in [-0.39, 0.29) is 0 Å². The molecule has 0 saturated heterocycles. The molecule has 0 aliphatic carbocycles. The predicted molar refractivity (Wildman–Crippen MR) is 73.6 cm³/mol. The van der Waals surface area contributed by atoms with Crippen LogP contribution in [-0.2, 0) is 6.54 Å². The molecule has 0 fully saturated rings. The van der Waals surface area contributed by atoms with Crippen LogP contribution in [-0.4, -0.2) is 26.6 Å². The van der Waals surface area contributed by atoms with Crippen LogP contribution in [0.5, 0.6) is 5.88 Å². The minimum atomic E-state index is 0.370. The van der Waals surface area contributed by atoms with Crippen LogP contribution >= 0.6 is 0 Å². The van der Waals surface area contributed by atoms with Crippen LogP contribution < -0.4 is 10.5 Å². The number of imidazole rings is 1. The van der Waals surface area contributed by atoms with Gasteiger partial charge in [-0.05, 0) is 19.9 Å². The number of aromatic nitrogens is 4. The standard InChI is InChI=1S/C13H15N5O2/c1-7-8(2)20-11(15-7)6-18-12-9(16-13(18)14)4-5-10(17-12)19-3/h4-5H,6H2,1-3H3,(H2,14,16). The average Bonchev–Trinajstić information content (AvgIpc) is 2.90. The number of aryl methyl sites for hydroxylation is 2. The van der Waals surface area contributed by atoms with Gasteiger partial charge in [-0.3, -0.25) is 4.57 Å². The Hall–Kier alpha value is -2.57. The maximum absolute atomic E-state index is 5.94. The van der Waals surface area contributed by atoms with Crippen molar-refractivity contribution in [3.05, 3.63) is 29.5 Å². The highest BCUT2D eigenvalue weighted by Crippen LogP contribution is 2.21. The summed E-state index contributed by atoms with van der Waals surface area (Å²) in [5.41, 5.74) is 8.17. The van der Waals surface area contributed by atoms with Crippen LogP contribution in [0.1, 0.15) is 17.3 Å². The maximum atomic E-state index is 5.94. The van der Waals surface area contributed by atoms with Crippen LogP contribution in [0.4, 0.5) is 5.95 Å². The molecule has 0 amide bonds. The van der Waals surface area contributed by atoms with Crippen molar-refractivity contribution in [2.24, 2.45) is 0 Å². The van der Waals surface area contributed by atoms with Crippen LogP contribution in [0.2, 0.25) is 0 Å². The molecule has 7 nitrogen and oxygen atoms in total. The van der Waals surface area contributed by atoms with E-state index in [1.165, 1.54) is 0 Å². The fraction of sp³-hybridized carbons (Fsp3) is 0.308. The molecule has 3 aromatic rings. The fourth-order valence-corrected chi connectivity index (χ4v) is 2.01. The fourth-order valence-electron chi connectivity index (χ4n) is 2.01. The molecule has 3 heterocycles. The first-order valence-corrected chi connectivity index (χ1v) is 6.18. The lowest BCUT2D eigenvalue weighted by molar-refractivity contribution is 0.398. The number of hydrogen-bond donors (Lipinski definition) is 1. The van der Waals surface area contributed by atoms with Crippen molar-refractivity contribution >= 4 is 17.1 Å². The summed E-state index contributed by atoms with van der Waals surface area (Å²) < 4.78 is 12.5. The van der Waals surface area contributed by atoms with Crippen LogP contribution in [0, 0.1) is 13.8 Å². The Morgan fingerprint density at radius 2 is 2.05 bits per heavy atom. The van der Waals surface area contributed by atoms with Crippen LogP contribution in [0.25, 0.3) is 11.2 Å². The highest BCUT2D eigenvalue weighted by molar-refractivity contribution is 5.74. The lowest BCUT2D eigenvalue weighted by atomic mass is 10.4. The summed E-state index contributed by atoms with van der Waals surface area (Å²) in [5.74, 6) is 2.26. The Kier molecular flexibility index (Phi) is 2.81. The molecule has 0 radical (unpaired) electrons. The zero-order chi connectivity index (χ0) is 14.3. The van der Waals surface area contributed by atoms with E-state index in [4.69, 9.17) is 14.9 Å². The summed E-state index contributed by atoms with van der Waals surface area (Å²) in [4.78, 5) is 13.0. The first kappa shape index (κ1) is 12.5. The number of fused-ring (bicyclic) bond motifs is 1. The quantitative estimate of drug-likeness (QED) is 0.780. The first-order valence-electron chi connectivity index (χ1n) is 6.18. The van der Waals surface area contributed by atoms with Gasteiger partial charge in [0.2, 0.25) is 17.7 Å². The van der Waals surface area contributed by atoms with Crippen molar-refractivity contribution in [2.45, 2.75) is 20.4 Å². The number of oxazole rings is 1. The maximum Gasteiger partial charge on any atom is 0.215 e. The normalized spacial score (nSPS) is 11.2. The zero-order valence-electron chi connectivity index (χ0n) is 11.5. The van der Waals surface area contributed by atoms with E-state index in [2.05, 4.69) is 15.0 Å². The van der Waals surface area contributed by atoms with Crippen LogP contribution in [0.3, 0.4) is 0 Å². The van der Waals surface area contributed by atoms with Gasteiger partial charge in [-0.25, -0.2) is 9.97 Å². The van der Waals surface area contributed by atoms with E-state index in [0.717, 1.165) is 11.5 Å². The topological polar surface area (TPSA) is 92.0 Å². The average molecular weight is 273 g/mol. The third kappa shape index (κ3) is 1.97. The van der Waals surface area contributed by atoms with E-state index in [0.29, 0.717) is 35.4 Å². The van der Waals surface area contributed by atoms with Crippen molar-refractivity contribution in [1.82, 2.24) is 19.5 Å². The van der Waals surface area contributed by atoms with E-state index >= 15 is 0 Å². The summed E-state index contributed by atoms with van der Waals surface area (Å²) in [5, 5.41) is 0. The molecule has 3 rings (SSSR count). The molecular weight excluding hydrogens is 258 g/mol. The SMILES string of the molecule is COc1ccc2nc(N)n(Cc3nc(C)c(C)o3)c2n1. The molecule has 3 aromatic heterocycles. The lowest BCUT2D eigenvalue weighted by Gasteiger charge is -2.03. The van der Waals surface area contributed by atoms with Crippen molar-refractivity contribution in [3.63, 3.8) is 0 Å². The second-order valence-electron chi connectivity index (χ2n) is 4.50. The summed E-state index contributed by atoms with van der Waals surface area (Å²) in [6.45, 7) is 4.17. The van der Waals surface area contributed by atoms with Crippen molar-refractivity contribution < 1.29 is 9.15 Å². The number of ether oxygens (including phenoxy) is 1. The van der Waals surface area contributed by atoms with E-state index in [9.17, 15) is 0 Å². The third-order valence-electron chi connectivity index (χ3n) is 3.17. The molecule has 2 N–H and O–H groups in total. The van der Waals surface area contributed by atoms with Gasteiger partial charge in [-0.2, -0.15) is 4.98 Å². The number of hydrogen-bond acceptors (Lipinski definition) is 6. The van der Waals surface area contributed by atoms with Gasteiger partial charge in [-0.15, -0.1) is 0 Å². The van der Waals surface area contributed by atoms with Crippen LogP contribution in [0.15, 0.2) is 16.5 Å². The summed E-state index contributed by atoms with van der Waals surface area (Å²) in [6.07, 6.45) is 0. The molecule has 0 bridgehead atoms. The van der Waals surface area contributed by atoms with Gasteiger partial charge in [0.25, 0.3) is 0 Å². The largest absolute Gasteiger partial charge is 0.481 e. The molecule has 0 saturated carbocycles. The predicted octanol–water partition coefficient (Wildman–Crippen LogP) is 1.68. The number of pyridine rings is 1. The highest BCUT2D eigenvalue weighted by atomic mass is 16.5. The second kappa shape index (κ2) is 4.52. The number of anilines is 1. The Balaban J connectivity index is 2.07. The van der Waals surface area contributed by atoms with Crippen molar-refractivity contribution in [3.8, 4) is 5.88 Å². The molecule has 104 valence electrons. The molecule has 7 heteroatoms. The summed E-state index contributed by atoms with van der Waals surface area (Å²) in [7, 11) is 1.57. The number of nitrogens with two attached hydrogens (primary N) is 1. The minimum absolute atomic E-state index is 0.370. The highest BCUT2D eigenvalue weighted by Gasteiger charge is 2.14. The lowest BCUT2D eigenvalue weighted by Crippen LogP contribution is -2.06. The smallest absolute Gasteiger partial charge is 0.215 e. The third-order valence-corrected chi connectivity index (χ3v) is 3.17. The van der Waals surface area contributed by atoms with E-state index < -0.39 is 0 Å². The Labute approximate surface area is 115 Å². The molecular formula is C13H15N5O2. The molecule has 0 spiro atoms. The van der Waals surface area contributed by atoms with Gasteiger partial charge in [-0.1, -0.05) is 0 Å². The molecule has 0 aliphatic heterocycles. The number of methoxy groups -OCH3 is 1. The van der Waals surface area contributed by atoms with Crippen molar-refractivity contribution in [1.29, 1.82) is 0 Å². The molecule has 20 heavy (non-hydrogen) atoms. The monoisotopic (exact) mass is 273 g/mol. The van der Waals surface area contributed by atoms with Gasteiger partial charge >= 0.3 is 0 Å². The van der Waals surface area contributed by atoms with Gasteiger partial charge in [0.1, 0.15) is 17.8 Å². The molecule has 0 aromatic carbocycles. The molecule has 0 unspecified atom stereocenters. The Morgan fingerprint density at radius 1 is 1.25 bits per heavy atom. The zero-order valence-corrected chi connectivity index (χ0v) is 11.5. The van der Waals surface area contributed by atoms with Gasteiger partial charge in [0, 0.05) is 6.07 Å². The second-order valence-corrected chi connectivity index (χ2v) is 4.50. The first-order chi connectivity index (χ1) is 9.58. The Bertz CT molecular complexity index is 755. The van der Waals surface area contributed by atoms with E-state index in [1.54, 1.807) is 17.7 Å². The summed E-state index contributed by atoms with van der Waals surface area (Å²) in [6, 6.07) is 3.57. The van der Waals surface area contributed by atoms with Gasteiger partial charge < -0.3 is 14.9 Å². The number of nitrogen functional groups attached to an aromatic ring is 1. The summed E-state index contributed by atoms with van der Waals surface area (Å²) >= 11 is 0. The van der Waals surface area contributed by atoms with Crippen molar-refractivity contribution in [2.75, 3.05) is 12.8 Å². The molecule has 0 aliphatic rings. The Morgan fingerprint density at radius 3 is 2.70 bits per heavy atom. The van der Waals surface area contributed by atoms with Gasteiger partial charge in [0.05, 0.1) is 12.8 Å². The number of rotatable bonds is 3. The minimum Gasteiger partial charge on any atom is -0.481 e.